The number of carbonyl (C=O) groups excluding carboxylic acids is 2. The van der Waals surface area contributed by atoms with Crippen molar-refractivity contribution in [1.82, 2.24) is 10.4 Å². The van der Waals surface area contributed by atoms with Crippen LogP contribution in [0, 0.1) is 0 Å². The van der Waals surface area contributed by atoms with Crippen molar-refractivity contribution < 1.29 is 23.8 Å². The highest BCUT2D eigenvalue weighted by Crippen LogP contribution is 2.28. The first-order chi connectivity index (χ1) is 14.6. The fourth-order valence-corrected chi connectivity index (χ4v) is 2.46. The van der Waals surface area contributed by atoms with Crippen molar-refractivity contribution in [3.63, 3.8) is 0 Å². The van der Waals surface area contributed by atoms with E-state index in [0.29, 0.717) is 28.2 Å². The topological polar surface area (TPSA) is 99.1 Å². The minimum Gasteiger partial charge on any atom is -0.497 e. The molecular weight excluding hydrogens is 386 g/mol. The smallest absolute Gasteiger partial charge is 0.343 e. The summed E-state index contributed by atoms with van der Waals surface area (Å²) in [6.45, 7) is 0. The summed E-state index contributed by atoms with van der Waals surface area (Å²) < 4.78 is 15.8. The number of hydrazone groups is 1. The molecule has 0 saturated carbocycles. The van der Waals surface area contributed by atoms with Crippen LogP contribution in [0.2, 0.25) is 0 Å². The molecular formula is C22H19N3O5. The largest absolute Gasteiger partial charge is 0.497 e. The van der Waals surface area contributed by atoms with Crippen LogP contribution in [0.3, 0.4) is 0 Å². The Bertz CT molecular complexity index is 1050. The lowest BCUT2D eigenvalue weighted by Crippen LogP contribution is -2.17. The summed E-state index contributed by atoms with van der Waals surface area (Å²) in [5.41, 5.74) is 3.83. The monoisotopic (exact) mass is 405 g/mol. The molecule has 30 heavy (non-hydrogen) atoms. The molecule has 1 amide bonds. The molecule has 0 unspecified atom stereocenters. The highest BCUT2D eigenvalue weighted by molar-refractivity contribution is 5.94. The van der Waals surface area contributed by atoms with E-state index in [0.717, 1.165) is 0 Å². The van der Waals surface area contributed by atoms with E-state index < -0.39 is 5.97 Å². The molecule has 1 N–H and O–H groups in total. The van der Waals surface area contributed by atoms with Crippen LogP contribution in [0.4, 0.5) is 0 Å². The van der Waals surface area contributed by atoms with Gasteiger partial charge in [0.2, 0.25) is 0 Å². The minimum absolute atomic E-state index is 0.259. The third-order valence-corrected chi connectivity index (χ3v) is 4.02. The van der Waals surface area contributed by atoms with E-state index in [2.05, 4.69) is 15.5 Å². The van der Waals surface area contributed by atoms with Crippen LogP contribution in [0.1, 0.15) is 26.3 Å². The van der Waals surface area contributed by atoms with Crippen LogP contribution in [0.15, 0.2) is 72.1 Å². The number of hydrogen-bond acceptors (Lipinski definition) is 7. The maximum atomic E-state index is 12.4. The van der Waals surface area contributed by atoms with Gasteiger partial charge >= 0.3 is 5.97 Å². The molecule has 0 bridgehead atoms. The number of methoxy groups -OCH3 is 2. The molecule has 0 radical (unpaired) electrons. The molecule has 0 aliphatic carbocycles. The normalized spacial score (nSPS) is 10.5. The van der Waals surface area contributed by atoms with Crippen molar-refractivity contribution >= 4 is 18.1 Å². The molecule has 1 aromatic heterocycles. The van der Waals surface area contributed by atoms with E-state index >= 15 is 0 Å². The second kappa shape index (κ2) is 9.83. The van der Waals surface area contributed by atoms with Crippen LogP contribution in [0.25, 0.3) is 0 Å². The highest BCUT2D eigenvalue weighted by Gasteiger charge is 2.13. The van der Waals surface area contributed by atoms with Gasteiger partial charge in [-0.05, 0) is 60.2 Å². The molecule has 152 valence electrons. The first-order valence-corrected chi connectivity index (χ1v) is 8.88. The maximum absolute atomic E-state index is 12.4. The third kappa shape index (κ3) is 5.20. The second-order valence-corrected chi connectivity index (χ2v) is 5.97. The summed E-state index contributed by atoms with van der Waals surface area (Å²) in [5.74, 6) is 0.343. The van der Waals surface area contributed by atoms with Gasteiger partial charge in [-0.1, -0.05) is 0 Å². The number of nitrogens with zero attached hydrogens (tertiary/aromatic N) is 2. The molecule has 3 aromatic rings. The molecule has 1 heterocycles. The van der Waals surface area contributed by atoms with Gasteiger partial charge in [-0.2, -0.15) is 5.10 Å². The summed E-state index contributed by atoms with van der Waals surface area (Å²) in [4.78, 5) is 28.2. The molecule has 0 aliphatic heterocycles. The third-order valence-electron chi connectivity index (χ3n) is 4.02. The maximum Gasteiger partial charge on any atom is 0.343 e. The average Bonchev–Trinajstić information content (AvgIpc) is 2.80. The SMILES string of the molecule is COc1ccc(C(=O)Oc2ccc(/C=N/NC(=O)c3cccnc3)cc2OC)cc1. The number of nitrogens with one attached hydrogen (secondary N) is 1. The molecule has 0 aliphatic rings. The van der Waals surface area contributed by atoms with Gasteiger partial charge in [0.15, 0.2) is 11.5 Å². The van der Waals surface area contributed by atoms with E-state index in [1.807, 2.05) is 0 Å². The lowest BCUT2D eigenvalue weighted by atomic mass is 10.2. The predicted octanol–water partition coefficient (Wildman–Crippen LogP) is 3.08. The summed E-state index contributed by atoms with van der Waals surface area (Å²) in [7, 11) is 3.01. The van der Waals surface area contributed by atoms with Gasteiger partial charge in [-0.3, -0.25) is 9.78 Å². The summed E-state index contributed by atoms with van der Waals surface area (Å²) in [6.07, 6.45) is 4.47. The average molecular weight is 405 g/mol. The van der Waals surface area contributed by atoms with Crippen LogP contribution < -0.4 is 19.6 Å². The van der Waals surface area contributed by atoms with Crippen molar-refractivity contribution in [3.05, 3.63) is 83.7 Å². The van der Waals surface area contributed by atoms with Crippen molar-refractivity contribution in [2.75, 3.05) is 14.2 Å². The van der Waals surface area contributed by atoms with Gasteiger partial charge in [0, 0.05) is 12.4 Å². The number of pyridine rings is 1. The van der Waals surface area contributed by atoms with Gasteiger partial charge in [0.25, 0.3) is 5.91 Å². The Morgan fingerprint density at radius 3 is 2.43 bits per heavy atom. The fourth-order valence-electron chi connectivity index (χ4n) is 2.46. The zero-order valence-electron chi connectivity index (χ0n) is 16.4. The summed E-state index contributed by atoms with van der Waals surface area (Å²) in [5, 5.41) is 3.92. The second-order valence-electron chi connectivity index (χ2n) is 5.97. The van der Waals surface area contributed by atoms with Crippen molar-refractivity contribution in [2.45, 2.75) is 0 Å². The van der Waals surface area contributed by atoms with Gasteiger partial charge in [-0.15, -0.1) is 0 Å². The van der Waals surface area contributed by atoms with Crippen molar-refractivity contribution in [3.8, 4) is 17.2 Å². The van der Waals surface area contributed by atoms with E-state index in [1.165, 1.54) is 19.5 Å². The van der Waals surface area contributed by atoms with E-state index in [1.54, 1.807) is 67.9 Å². The Balaban J connectivity index is 1.66. The van der Waals surface area contributed by atoms with E-state index in [-0.39, 0.29) is 11.7 Å². The van der Waals surface area contributed by atoms with Crippen molar-refractivity contribution in [2.24, 2.45) is 5.10 Å². The van der Waals surface area contributed by atoms with Crippen LogP contribution >= 0.6 is 0 Å². The zero-order valence-corrected chi connectivity index (χ0v) is 16.4. The molecule has 0 spiro atoms. The number of benzene rings is 2. The summed E-state index contributed by atoms with van der Waals surface area (Å²) in [6, 6.07) is 14.8. The molecule has 3 rings (SSSR count). The predicted molar refractivity (Wildman–Crippen MR) is 110 cm³/mol. The number of esters is 1. The molecule has 2 aromatic carbocycles. The van der Waals surface area contributed by atoms with Crippen LogP contribution in [-0.2, 0) is 0 Å². The number of rotatable bonds is 7. The lowest BCUT2D eigenvalue weighted by molar-refractivity contribution is 0.0729. The fraction of sp³-hybridized carbons (Fsp3) is 0.0909. The first-order valence-electron chi connectivity index (χ1n) is 8.88. The Kier molecular flexibility index (Phi) is 6.73. The van der Waals surface area contributed by atoms with Crippen molar-refractivity contribution in [1.29, 1.82) is 0 Å². The quantitative estimate of drug-likeness (QED) is 0.281. The number of amides is 1. The number of aromatic nitrogens is 1. The molecule has 0 saturated heterocycles. The first kappa shape index (κ1) is 20.5. The number of ether oxygens (including phenoxy) is 3. The highest BCUT2D eigenvalue weighted by atomic mass is 16.6. The van der Waals surface area contributed by atoms with E-state index in [9.17, 15) is 9.59 Å². The minimum atomic E-state index is -0.527. The Morgan fingerprint density at radius 1 is 0.967 bits per heavy atom. The Labute approximate surface area is 173 Å². The van der Waals surface area contributed by atoms with Crippen LogP contribution in [0.5, 0.6) is 17.2 Å². The van der Waals surface area contributed by atoms with Gasteiger partial charge in [-0.25, -0.2) is 10.2 Å². The lowest BCUT2D eigenvalue weighted by Gasteiger charge is -2.10. The Hall–Kier alpha value is -4.20. The Morgan fingerprint density at radius 2 is 1.77 bits per heavy atom. The number of carbonyl (C=O) groups is 2. The molecule has 8 heteroatoms. The zero-order chi connectivity index (χ0) is 21.3. The molecule has 0 atom stereocenters. The van der Waals surface area contributed by atoms with Crippen LogP contribution in [-0.4, -0.2) is 37.3 Å². The van der Waals surface area contributed by atoms with Gasteiger partial charge < -0.3 is 14.2 Å². The van der Waals surface area contributed by atoms with Gasteiger partial charge in [0.05, 0.1) is 31.6 Å². The standard InChI is InChI=1S/C22H19N3O5/c1-28-18-8-6-16(7-9-18)22(27)30-19-10-5-15(12-20(19)29-2)13-24-25-21(26)17-4-3-11-23-14-17/h3-14H,1-2H3,(H,25,26)/b24-13+. The molecule has 0 fully saturated rings. The summed E-state index contributed by atoms with van der Waals surface area (Å²) >= 11 is 0. The van der Waals surface area contributed by atoms with Gasteiger partial charge in [0.1, 0.15) is 5.75 Å². The number of hydrogen-bond donors (Lipinski definition) is 1. The molecule has 8 nitrogen and oxygen atoms in total. The van der Waals surface area contributed by atoms with E-state index in [4.69, 9.17) is 14.2 Å².